The van der Waals surface area contributed by atoms with Crippen molar-refractivity contribution in [1.29, 1.82) is 0 Å². The molecule has 1 fully saturated rings. The molecule has 1 aromatic carbocycles. The molecule has 2 aromatic heterocycles. The monoisotopic (exact) mass is 531 g/mol. The van der Waals surface area contributed by atoms with E-state index >= 15 is 0 Å². The van der Waals surface area contributed by atoms with Gasteiger partial charge in [0.1, 0.15) is 11.2 Å². The summed E-state index contributed by atoms with van der Waals surface area (Å²) in [5.41, 5.74) is 0.839. The average Bonchev–Trinajstić information content (AvgIpc) is 3.27. The maximum atomic E-state index is 13.4. The van der Waals surface area contributed by atoms with Gasteiger partial charge < -0.3 is 24.1 Å². The van der Waals surface area contributed by atoms with Crippen molar-refractivity contribution in [2.45, 2.75) is 62.7 Å². The van der Waals surface area contributed by atoms with Crippen LogP contribution in [0.2, 0.25) is 0 Å². The third kappa shape index (κ3) is 5.47. The second-order valence-electron chi connectivity index (χ2n) is 8.90. The van der Waals surface area contributed by atoms with E-state index in [2.05, 4.69) is 10.3 Å². The van der Waals surface area contributed by atoms with E-state index in [0.29, 0.717) is 43.1 Å². The van der Waals surface area contributed by atoms with Crippen molar-refractivity contribution in [3.8, 4) is 0 Å². The first-order chi connectivity index (χ1) is 17.7. The number of hydrogen-bond acceptors (Lipinski definition) is 9. The number of esters is 1. The number of ether oxygens (including phenoxy) is 3. The van der Waals surface area contributed by atoms with Crippen LogP contribution in [-0.2, 0) is 34.6 Å². The molecule has 1 aliphatic rings. The van der Waals surface area contributed by atoms with Crippen molar-refractivity contribution in [2.75, 3.05) is 25.6 Å². The van der Waals surface area contributed by atoms with Crippen LogP contribution >= 0.6 is 0 Å². The molecule has 3 aromatic rings. The quantitative estimate of drug-likeness (QED) is 0.295. The standard InChI is InChI=1S/C25H33N5O6S/c1-4-35-22(36-5-2)20-15-17-16-27-24(28-18-9-11-19(12-10-18)37(26,32)33)29-21(17)30(20)25(23(31)34-3)13-7-6-8-14-25/h9-12,15-16,22H,4-8,13-14H2,1-3H3,(H2,26,32,33)(H,27,28,29). The summed E-state index contributed by atoms with van der Waals surface area (Å²) >= 11 is 0. The van der Waals surface area contributed by atoms with E-state index in [9.17, 15) is 13.2 Å². The number of carbonyl (C=O) groups is 1. The Hall–Kier alpha value is -3.06. The number of sulfonamides is 1. The van der Waals surface area contributed by atoms with Crippen LogP contribution in [0.15, 0.2) is 41.4 Å². The Morgan fingerprint density at radius 1 is 1.14 bits per heavy atom. The molecule has 0 aliphatic heterocycles. The molecule has 3 N–H and O–H groups in total. The van der Waals surface area contributed by atoms with Crippen LogP contribution in [0.1, 0.15) is 57.9 Å². The first kappa shape index (κ1) is 27.0. The molecule has 2 heterocycles. The Morgan fingerprint density at radius 2 is 1.78 bits per heavy atom. The van der Waals surface area contributed by atoms with Crippen LogP contribution in [0.5, 0.6) is 0 Å². The zero-order valence-electron chi connectivity index (χ0n) is 21.3. The number of hydrogen-bond donors (Lipinski definition) is 2. The molecule has 0 bridgehead atoms. The Morgan fingerprint density at radius 3 is 2.35 bits per heavy atom. The van der Waals surface area contributed by atoms with Gasteiger partial charge in [0.2, 0.25) is 16.0 Å². The fraction of sp³-hybridized carbons (Fsp3) is 0.480. The van der Waals surface area contributed by atoms with E-state index in [-0.39, 0.29) is 16.8 Å². The van der Waals surface area contributed by atoms with Gasteiger partial charge in [-0.05, 0) is 57.0 Å². The van der Waals surface area contributed by atoms with Gasteiger partial charge in [0.15, 0.2) is 6.29 Å². The lowest BCUT2D eigenvalue weighted by Crippen LogP contribution is -2.45. The summed E-state index contributed by atoms with van der Waals surface area (Å²) in [6.07, 6.45) is 4.95. The van der Waals surface area contributed by atoms with Crippen molar-refractivity contribution in [2.24, 2.45) is 5.14 Å². The zero-order valence-corrected chi connectivity index (χ0v) is 22.1. The van der Waals surface area contributed by atoms with Crippen LogP contribution in [-0.4, -0.2) is 49.2 Å². The van der Waals surface area contributed by atoms with Crippen LogP contribution in [0.25, 0.3) is 11.0 Å². The first-order valence-electron chi connectivity index (χ1n) is 12.3. The summed E-state index contributed by atoms with van der Waals surface area (Å²) in [5.74, 6) is -0.0497. The van der Waals surface area contributed by atoms with Crippen molar-refractivity contribution < 1.29 is 27.4 Å². The highest BCUT2D eigenvalue weighted by Gasteiger charge is 2.45. The number of nitrogens with one attached hydrogen (secondary N) is 1. The van der Waals surface area contributed by atoms with Gasteiger partial charge in [-0.15, -0.1) is 0 Å². The molecule has 200 valence electrons. The Bertz CT molecular complexity index is 1340. The molecule has 1 saturated carbocycles. The third-order valence-electron chi connectivity index (χ3n) is 6.56. The number of methoxy groups -OCH3 is 1. The van der Waals surface area contributed by atoms with E-state index in [0.717, 1.165) is 24.6 Å². The van der Waals surface area contributed by atoms with Gasteiger partial charge in [-0.3, -0.25) is 0 Å². The van der Waals surface area contributed by atoms with Gasteiger partial charge in [-0.1, -0.05) is 19.3 Å². The number of nitrogens with two attached hydrogens (primary N) is 1. The number of fused-ring (bicyclic) bond motifs is 1. The maximum Gasteiger partial charge on any atom is 0.332 e. The predicted octanol–water partition coefficient (Wildman–Crippen LogP) is 3.73. The van der Waals surface area contributed by atoms with Gasteiger partial charge in [0, 0.05) is 30.5 Å². The number of anilines is 2. The lowest BCUT2D eigenvalue weighted by atomic mass is 9.81. The molecule has 1 aliphatic carbocycles. The molecule has 0 amide bonds. The fourth-order valence-electron chi connectivity index (χ4n) is 4.92. The summed E-state index contributed by atoms with van der Waals surface area (Å²) in [6.45, 7) is 4.62. The van der Waals surface area contributed by atoms with Crippen LogP contribution in [0, 0.1) is 0 Å². The minimum Gasteiger partial charge on any atom is -0.467 e. The highest BCUT2D eigenvalue weighted by atomic mass is 32.2. The maximum absolute atomic E-state index is 13.4. The van der Waals surface area contributed by atoms with Crippen molar-refractivity contribution in [3.63, 3.8) is 0 Å². The molecular weight excluding hydrogens is 498 g/mol. The molecule has 11 nitrogen and oxygen atoms in total. The van der Waals surface area contributed by atoms with E-state index in [1.165, 1.54) is 19.2 Å². The molecular formula is C25H33N5O6S. The summed E-state index contributed by atoms with van der Waals surface area (Å²) in [4.78, 5) is 22.6. The molecule has 4 rings (SSSR count). The number of nitrogens with zero attached hydrogens (tertiary/aromatic N) is 3. The fourth-order valence-corrected chi connectivity index (χ4v) is 5.43. The molecule has 0 radical (unpaired) electrons. The average molecular weight is 532 g/mol. The van der Waals surface area contributed by atoms with Gasteiger partial charge >= 0.3 is 5.97 Å². The van der Waals surface area contributed by atoms with Gasteiger partial charge in [0.25, 0.3) is 0 Å². The molecule has 0 atom stereocenters. The van der Waals surface area contributed by atoms with Crippen LogP contribution in [0.3, 0.4) is 0 Å². The smallest absolute Gasteiger partial charge is 0.332 e. The normalized spacial score (nSPS) is 15.7. The van der Waals surface area contributed by atoms with Crippen LogP contribution in [0.4, 0.5) is 11.6 Å². The Labute approximate surface area is 216 Å². The van der Waals surface area contributed by atoms with E-state index in [1.807, 2.05) is 24.5 Å². The lowest BCUT2D eigenvalue weighted by molar-refractivity contribution is -0.158. The summed E-state index contributed by atoms with van der Waals surface area (Å²) in [7, 11) is -2.40. The number of carbonyl (C=O) groups excluding carboxylic acids is 1. The van der Waals surface area contributed by atoms with Crippen molar-refractivity contribution in [1.82, 2.24) is 14.5 Å². The lowest BCUT2D eigenvalue weighted by Gasteiger charge is -2.38. The Kier molecular flexibility index (Phi) is 8.12. The van der Waals surface area contributed by atoms with Gasteiger partial charge in [-0.2, -0.15) is 4.98 Å². The highest BCUT2D eigenvalue weighted by molar-refractivity contribution is 7.89. The molecule has 0 unspecified atom stereocenters. The topological polar surface area (TPSA) is 148 Å². The van der Waals surface area contributed by atoms with E-state index < -0.39 is 21.9 Å². The number of primary sulfonamides is 1. The van der Waals surface area contributed by atoms with Crippen LogP contribution < -0.4 is 10.5 Å². The minimum atomic E-state index is -3.80. The molecule has 12 heteroatoms. The zero-order chi connectivity index (χ0) is 26.6. The second-order valence-corrected chi connectivity index (χ2v) is 10.5. The number of benzene rings is 1. The summed E-state index contributed by atoms with van der Waals surface area (Å²) in [6, 6.07) is 7.86. The van der Waals surface area contributed by atoms with Gasteiger partial charge in [-0.25, -0.2) is 23.3 Å². The Balaban J connectivity index is 1.85. The third-order valence-corrected chi connectivity index (χ3v) is 7.49. The number of aromatic nitrogens is 3. The molecule has 0 spiro atoms. The highest BCUT2D eigenvalue weighted by Crippen LogP contribution is 2.42. The van der Waals surface area contributed by atoms with E-state index in [1.54, 1.807) is 18.3 Å². The van der Waals surface area contributed by atoms with Crippen molar-refractivity contribution in [3.05, 3.63) is 42.2 Å². The minimum absolute atomic E-state index is 0.00291. The van der Waals surface area contributed by atoms with Gasteiger partial charge in [0.05, 0.1) is 17.7 Å². The first-order valence-corrected chi connectivity index (χ1v) is 13.9. The molecule has 0 saturated heterocycles. The summed E-state index contributed by atoms with van der Waals surface area (Å²) in [5, 5.41) is 9.02. The van der Waals surface area contributed by atoms with E-state index in [4.69, 9.17) is 24.3 Å². The molecule has 37 heavy (non-hydrogen) atoms. The second kappa shape index (κ2) is 11.1. The summed E-state index contributed by atoms with van der Waals surface area (Å²) < 4.78 is 42.2. The van der Waals surface area contributed by atoms with Crippen molar-refractivity contribution >= 4 is 38.7 Å². The number of rotatable bonds is 10. The SMILES string of the molecule is CCOC(OCC)c1cc2cnc(Nc3ccc(S(N)(=O)=O)cc3)nc2n1C1(C(=O)OC)CCCCC1. The largest absolute Gasteiger partial charge is 0.467 e. The predicted molar refractivity (Wildman–Crippen MR) is 138 cm³/mol.